The van der Waals surface area contributed by atoms with E-state index in [1.165, 1.54) is 0 Å². The number of H-pyrrole nitrogens is 1. The highest BCUT2D eigenvalue weighted by atomic mass is 32.2. The van der Waals surface area contributed by atoms with Crippen LogP contribution >= 0.6 is 11.8 Å². The molecule has 37 heavy (non-hydrogen) atoms. The van der Waals surface area contributed by atoms with Gasteiger partial charge in [0.05, 0.1) is 22.6 Å². The van der Waals surface area contributed by atoms with E-state index < -0.39 is 40.8 Å². The first-order valence-electron chi connectivity index (χ1n) is 10.4. The third kappa shape index (κ3) is 6.04. The van der Waals surface area contributed by atoms with Gasteiger partial charge in [-0.15, -0.1) is 10.2 Å². The number of alkyl halides is 6. The second kappa shape index (κ2) is 9.80. The standard InChI is InChI=1S/C22H17F6N7OS/c1-11-2-4-12(5-3-11)16-9-17(32-31-16)19-33-34-20(35(19)29)37-10-18(36)30-15-7-13(21(23,24)25)6-14(8-15)22(26,27)28/h2-9H,10,29H2,1H3,(H,30,36)(H,31,32). The SMILES string of the molecule is Cc1ccc(-c2cc(-c3nnc(SCC(=O)Nc4cc(C(F)(F)F)cc(C(F)(F)F)c4)n3N)[nH]n2)cc1. The molecule has 15 heteroatoms. The number of nitrogens with zero attached hydrogens (tertiary/aromatic N) is 4. The van der Waals surface area contributed by atoms with Gasteiger partial charge in [-0.3, -0.25) is 9.89 Å². The maximum atomic E-state index is 13.0. The Morgan fingerprint density at radius 3 is 2.22 bits per heavy atom. The molecule has 2 aromatic carbocycles. The number of aromatic nitrogens is 5. The molecule has 0 saturated heterocycles. The van der Waals surface area contributed by atoms with E-state index in [0.29, 0.717) is 23.5 Å². The number of anilines is 1. The summed E-state index contributed by atoms with van der Waals surface area (Å²) in [6.45, 7) is 1.95. The lowest BCUT2D eigenvalue weighted by Gasteiger charge is -2.14. The largest absolute Gasteiger partial charge is 0.416 e. The highest BCUT2D eigenvalue weighted by Crippen LogP contribution is 2.37. The molecule has 4 rings (SSSR count). The molecule has 2 heterocycles. The summed E-state index contributed by atoms with van der Waals surface area (Å²) < 4.78 is 79.2. The first kappa shape index (κ1) is 26.1. The van der Waals surface area contributed by atoms with Gasteiger partial charge >= 0.3 is 12.4 Å². The van der Waals surface area contributed by atoms with Gasteiger partial charge in [-0.1, -0.05) is 41.6 Å². The quantitative estimate of drug-likeness (QED) is 0.177. The van der Waals surface area contributed by atoms with Gasteiger partial charge in [0.25, 0.3) is 0 Å². The summed E-state index contributed by atoms with van der Waals surface area (Å²) in [5.41, 5.74) is -0.728. The molecule has 2 aromatic heterocycles. The number of hydrogen-bond donors (Lipinski definition) is 3. The summed E-state index contributed by atoms with van der Waals surface area (Å²) in [6.07, 6.45) is -10.1. The van der Waals surface area contributed by atoms with Crippen LogP contribution in [0.5, 0.6) is 0 Å². The molecule has 4 N–H and O–H groups in total. The minimum Gasteiger partial charge on any atom is -0.335 e. The number of hydrogen-bond acceptors (Lipinski definition) is 6. The number of halogens is 6. The van der Waals surface area contributed by atoms with Crippen molar-refractivity contribution in [3.8, 4) is 22.8 Å². The van der Waals surface area contributed by atoms with E-state index in [2.05, 4.69) is 20.4 Å². The van der Waals surface area contributed by atoms with Gasteiger partial charge in [0.2, 0.25) is 16.9 Å². The fraction of sp³-hybridized carbons (Fsp3) is 0.182. The van der Waals surface area contributed by atoms with Gasteiger partial charge in [0.15, 0.2) is 0 Å². The number of nitrogen functional groups attached to an aromatic ring is 1. The Balaban J connectivity index is 1.45. The van der Waals surface area contributed by atoms with Crippen LogP contribution in [0, 0.1) is 6.92 Å². The van der Waals surface area contributed by atoms with Gasteiger partial charge in [-0.25, -0.2) is 4.68 Å². The third-order valence-corrected chi connectivity index (χ3v) is 5.98. The number of carbonyl (C=O) groups is 1. The molecule has 0 saturated carbocycles. The normalized spacial score (nSPS) is 12.1. The monoisotopic (exact) mass is 541 g/mol. The molecule has 0 aliphatic carbocycles. The Hall–Kier alpha value is -4.01. The number of nitrogens with two attached hydrogens (primary N) is 1. The highest BCUT2D eigenvalue weighted by Gasteiger charge is 2.37. The van der Waals surface area contributed by atoms with Crippen molar-refractivity contribution in [2.45, 2.75) is 24.4 Å². The number of aromatic amines is 1. The lowest BCUT2D eigenvalue weighted by atomic mass is 10.1. The predicted molar refractivity (Wildman–Crippen MR) is 124 cm³/mol. The van der Waals surface area contributed by atoms with Crippen molar-refractivity contribution in [1.29, 1.82) is 0 Å². The molecule has 1 amide bonds. The van der Waals surface area contributed by atoms with Gasteiger partial charge in [-0.05, 0) is 31.2 Å². The molecule has 0 aliphatic rings. The minimum atomic E-state index is -5.03. The molecule has 0 fully saturated rings. The zero-order chi connectivity index (χ0) is 27.0. The molecule has 0 unspecified atom stereocenters. The van der Waals surface area contributed by atoms with Crippen molar-refractivity contribution in [2.75, 3.05) is 16.9 Å². The number of thioether (sulfide) groups is 1. The number of aryl methyl sites for hydroxylation is 1. The first-order chi connectivity index (χ1) is 17.3. The molecule has 4 aromatic rings. The summed E-state index contributed by atoms with van der Waals surface area (Å²) in [5.74, 6) is 4.93. The lowest BCUT2D eigenvalue weighted by Crippen LogP contribution is -2.18. The zero-order valence-electron chi connectivity index (χ0n) is 18.8. The van der Waals surface area contributed by atoms with Crippen LogP contribution in [0.2, 0.25) is 0 Å². The summed E-state index contributed by atoms with van der Waals surface area (Å²) in [4.78, 5) is 12.3. The van der Waals surface area contributed by atoms with Crippen LogP contribution in [0.4, 0.5) is 32.0 Å². The fourth-order valence-corrected chi connectivity index (χ4v) is 3.88. The number of nitrogens with one attached hydrogen (secondary N) is 2. The molecular formula is C22H17F6N7OS. The van der Waals surface area contributed by atoms with Crippen molar-refractivity contribution in [3.05, 3.63) is 65.2 Å². The molecule has 0 radical (unpaired) electrons. The second-order valence-corrected chi connectivity index (χ2v) is 8.78. The first-order valence-corrected chi connectivity index (χ1v) is 11.4. The Labute approximate surface area is 209 Å². The number of rotatable bonds is 6. The van der Waals surface area contributed by atoms with E-state index in [4.69, 9.17) is 5.84 Å². The van der Waals surface area contributed by atoms with Gasteiger partial charge in [0, 0.05) is 11.3 Å². The molecule has 0 aliphatic heterocycles. The van der Waals surface area contributed by atoms with Crippen molar-refractivity contribution < 1.29 is 31.1 Å². The van der Waals surface area contributed by atoms with E-state index in [9.17, 15) is 31.1 Å². The summed E-state index contributed by atoms with van der Waals surface area (Å²) in [7, 11) is 0. The molecular weight excluding hydrogens is 524 g/mol. The molecule has 8 nitrogen and oxygen atoms in total. The van der Waals surface area contributed by atoms with E-state index in [0.717, 1.165) is 27.6 Å². The number of carbonyl (C=O) groups excluding carboxylic acids is 1. The van der Waals surface area contributed by atoms with Gasteiger partial charge < -0.3 is 11.2 Å². The van der Waals surface area contributed by atoms with Crippen LogP contribution < -0.4 is 11.2 Å². The topological polar surface area (TPSA) is 115 Å². The van der Waals surface area contributed by atoms with Crippen LogP contribution in [-0.2, 0) is 17.1 Å². The van der Waals surface area contributed by atoms with Crippen LogP contribution in [0.25, 0.3) is 22.8 Å². The Morgan fingerprint density at radius 2 is 1.62 bits per heavy atom. The number of benzene rings is 2. The van der Waals surface area contributed by atoms with Crippen molar-refractivity contribution in [3.63, 3.8) is 0 Å². The second-order valence-electron chi connectivity index (χ2n) is 7.84. The van der Waals surface area contributed by atoms with Crippen molar-refractivity contribution >= 4 is 23.4 Å². The number of amides is 1. The smallest absolute Gasteiger partial charge is 0.335 e. The van der Waals surface area contributed by atoms with E-state index >= 15 is 0 Å². The summed E-state index contributed by atoms with van der Waals surface area (Å²) >= 11 is 0.788. The molecule has 0 bridgehead atoms. The van der Waals surface area contributed by atoms with E-state index in [-0.39, 0.29) is 17.0 Å². The highest BCUT2D eigenvalue weighted by molar-refractivity contribution is 7.99. The lowest BCUT2D eigenvalue weighted by molar-refractivity contribution is -0.143. The van der Waals surface area contributed by atoms with Crippen LogP contribution in [0.15, 0.2) is 53.7 Å². The summed E-state index contributed by atoms with van der Waals surface area (Å²) in [5, 5.41) is 17.0. The van der Waals surface area contributed by atoms with Crippen molar-refractivity contribution in [1.82, 2.24) is 25.1 Å². The maximum absolute atomic E-state index is 13.0. The Morgan fingerprint density at radius 1 is 1.00 bits per heavy atom. The predicted octanol–water partition coefficient (Wildman–Crippen LogP) is 5.13. The van der Waals surface area contributed by atoms with Gasteiger partial charge in [0.1, 0.15) is 5.69 Å². The Kier molecular flexibility index (Phi) is 6.90. The fourth-order valence-electron chi connectivity index (χ4n) is 3.22. The van der Waals surface area contributed by atoms with E-state index in [1.54, 1.807) is 6.07 Å². The van der Waals surface area contributed by atoms with Crippen LogP contribution in [0.1, 0.15) is 16.7 Å². The molecule has 0 spiro atoms. The summed E-state index contributed by atoms with van der Waals surface area (Å²) in [6, 6.07) is 10.2. The van der Waals surface area contributed by atoms with Crippen LogP contribution in [-0.4, -0.2) is 36.7 Å². The van der Waals surface area contributed by atoms with Crippen LogP contribution in [0.3, 0.4) is 0 Å². The van der Waals surface area contributed by atoms with Gasteiger partial charge in [-0.2, -0.15) is 31.4 Å². The molecule has 0 atom stereocenters. The van der Waals surface area contributed by atoms with Crippen molar-refractivity contribution in [2.24, 2.45) is 0 Å². The minimum absolute atomic E-state index is 0.0253. The average Bonchev–Trinajstić information content (AvgIpc) is 3.43. The Bertz CT molecular complexity index is 1390. The molecule has 194 valence electrons. The maximum Gasteiger partial charge on any atom is 0.416 e. The van der Waals surface area contributed by atoms with E-state index in [1.807, 2.05) is 36.5 Å². The zero-order valence-corrected chi connectivity index (χ0v) is 19.6. The average molecular weight is 541 g/mol. The third-order valence-electron chi connectivity index (χ3n) is 5.03.